The van der Waals surface area contributed by atoms with Crippen molar-refractivity contribution in [2.75, 3.05) is 0 Å². The van der Waals surface area contributed by atoms with Gasteiger partial charge in [0.25, 0.3) is 0 Å². The number of hydrogen-bond donors (Lipinski definition) is 0. The SMILES string of the molecule is CC1(C)c2ncc[c-]c2-c2nccc3c2c1cc1ccccc13.[Ir]. The quantitative estimate of drug-likeness (QED) is 0.261. The Morgan fingerprint density at radius 2 is 1.79 bits per heavy atom. The zero-order valence-electron chi connectivity index (χ0n) is 13.4. The summed E-state index contributed by atoms with van der Waals surface area (Å²) in [5.74, 6) is 0. The summed E-state index contributed by atoms with van der Waals surface area (Å²) in [4.78, 5) is 9.35. The van der Waals surface area contributed by atoms with E-state index in [0.717, 1.165) is 17.0 Å². The second-order valence-electron chi connectivity index (χ2n) is 6.67. The van der Waals surface area contributed by atoms with E-state index in [4.69, 9.17) is 0 Å². The van der Waals surface area contributed by atoms with Gasteiger partial charge < -0.3 is 9.97 Å². The number of benzene rings is 2. The third-order valence-electron chi connectivity index (χ3n) is 5.02. The molecule has 0 saturated heterocycles. The third-order valence-corrected chi connectivity index (χ3v) is 5.02. The number of rotatable bonds is 0. The second kappa shape index (κ2) is 5.20. The second-order valence-corrected chi connectivity index (χ2v) is 6.67. The molecule has 0 fully saturated rings. The molecule has 119 valence electrons. The molecule has 2 aromatic carbocycles. The maximum Gasteiger partial charge on any atom is 0.0167 e. The first-order valence-electron chi connectivity index (χ1n) is 7.86. The molecule has 0 spiro atoms. The topological polar surface area (TPSA) is 25.8 Å². The van der Waals surface area contributed by atoms with Crippen LogP contribution in [0.25, 0.3) is 32.8 Å². The Kier molecular flexibility index (Phi) is 3.35. The van der Waals surface area contributed by atoms with Crippen LogP contribution in [-0.2, 0) is 25.5 Å². The van der Waals surface area contributed by atoms with Gasteiger partial charge in [-0.2, -0.15) is 0 Å². The van der Waals surface area contributed by atoms with Crippen LogP contribution in [0.1, 0.15) is 25.1 Å². The maximum atomic E-state index is 4.68. The predicted molar refractivity (Wildman–Crippen MR) is 93.4 cm³/mol. The van der Waals surface area contributed by atoms with E-state index in [-0.39, 0.29) is 25.5 Å². The normalized spacial score (nSPS) is 14.2. The summed E-state index contributed by atoms with van der Waals surface area (Å²) >= 11 is 0. The number of hydrogen-bond acceptors (Lipinski definition) is 2. The predicted octanol–water partition coefficient (Wildman–Crippen LogP) is 4.89. The molecule has 2 heterocycles. The molecule has 5 rings (SSSR count). The largest absolute Gasteiger partial charge is 0.356 e. The molecule has 1 radical (unpaired) electrons. The van der Waals surface area contributed by atoms with Crippen LogP contribution in [0.5, 0.6) is 0 Å². The first-order chi connectivity index (χ1) is 11.2. The van der Waals surface area contributed by atoms with E-state index in [9.17, 15) is 0 Å². The molecule has 0 saturated carbocycles. The fourth-order valence-corrected chi connectivity index (χ4v) is 3.88. The molecule has 0 bridgehead atoms. The molecule has 3 heteroatoms. The van der Waals surface area contributed by atoms with Crippen LogP contribution in [-0.4, -0.2) is 9.97 Å². The van der Waals surface area contributed by atoms with Gasteiger partial charge in [0.05, 0.1) is 0 Å². The van der Waals surface area contributed by atoms with Crippen molar-refractivity contribution in [1.82, 2.24) is 9.97 Å². The van der Waals surface area contributed by atoms with Crippen molar-refractivity contribution in [3.05, 3.63) is 72.2 Å². The fourth-order valence-electron chi connectivity index (χ4n) is 3.88. The maximum absolute atomic E-state index is 4.68. The molecule has 1 aliphatic carbocycles. The van der Waals surface area contributed by atoms with E-state index in [0.29, 0.717) is 0 Å². The minimum atomic E-state index is -0.161. The van der Waals surface area contributed by atoms with Crippen LogP contribution in [0, 0.1) is 6.07 Å². The third kappa shape index (κ3) is 1.86. The van der Waals surface area contributed by atoms with Crippen LogP contribution < -0.4 is 0 Å². The van der Waals surface area contributed by atoms with Gasteiger partial charge in [0.1, 0.15) is 0 Å². The van der Waals surface area contributed by atoms with Crippen LogP contribution >= 0.6 is 0 Å². The number of aromatic nitrogens is 2. The monoisotopic (exact) mass is 488 g/mol. The standard InChI is InChI=1S/C21H15N2.Ir/c1-21(2)17-12-13-6-3-4-7-14(13)15-9-11-22-19(18(15)17)16-8-5-10-23-20(16)21;/h3-7,9-12H,1-2H3;/q-1;. The summed E-state index contributed by atoms with van der Waals surface area (Å²) < 4.78 is 0. The number of nitrogens with zero attached hydrogens (tertiary/aromatic N) is 2. The van der Waals surface area contributed by atoms with E-state index >= 15 is 0 Å². The number of fused-ring (bicyclic) bond motifs is 4. The van der Waals surface area contributed by atoms with Gasteiger partial charge in [-0.3, -0.25) is 0 Å². The summed E-state index contributed by atoms with van der Waals surface area (Å²) in [6, 6.07) is 18.2. The molecule has 0 aliphatic heterocycles. The van der Waals surface area contributed by atoms with Gasteiger partial charge in [0, 0.05) is 26.3 Å². The molecule has 1 aliphatic rings. The van der Waals surface area contributed by atoms with Crippen molar-refractivity contribution in [2.45, 2.75) is 19.3 Å². The Labute approximate surface area is 154 Å². The first kappa shape index (κ1) is 15.4. The zero-order chi connectivity index (χ0) is 15.6. The van der Waals surface area contributed by atoms with Crippen LogP contribution in [0.3, 0.4) is 0 Å². The zero-order valence-corrected chi connectivity index (χ0v) is 15.8. The van der Waals surface area contributed by atoms with Crippen molar-refractivity contribution >= 4 is 21.5 Å². The van der Waals surface area contributed by atoms with Gasteiger partial charge in [-0.25, -0.2) is 0 Å². The van der Waals surface area contributed by atoms with Crippen LogP contribution in [0.15, 0.2) is 54.9 Å². The molecular formula is C21H15IrN2-. The van der Waals surface area contributed by atoms with Crippen molar-refractivity contribution in [1.29, 1.82) is 0 Å². The Morgan fingerprint density at radius 1 is 0.958 bits per heavy atom. The average molecular weight is 488 g/mol. The van der Waals surface area contributed by atoms with E-state index in [1.54, 1.807) is 0 Å². The molecule has 24 heavy (non-hydrogen) atoms. The Balaban J connectivity index is 0.00000146. The average Bonchev–Trinajstić information content (AvgIpc) is 2.59. The summed E-state index contributed by atoms with van der Waals surface area (Å²) in [5.41, 5.74) is 4.24. The minimum absolute atomic E-state index is 0. The Morgan fingerprint density at radius 3 is 2.67 bits per heavy atom. The summed E-state index contributed by atoms with van der Waals surface area (Å²) in [7, 11) is 0. The van der Waals surface area contributed by atoms with Gasteiger partial charge in [0.15, 0.2) is 0 Å². The summed E-state index contributed by atoms with van der Waals surface area (Å²) in [6.45, 7) is 4.48. The van der Waals surface area contributed by atoms with Crippen molar-refractivity contribution in [3.8, 4) is 11.3 Å². The van der Waals surface area contributed by atoms with Crippen molar-refractivity contribution in [2.24, 2.45) is 0 Å². The van der Waals surface area contributed by atoms with E-state index in [2.05, 4.69) is 66.3 Å². The minimum Gasteiger partial charge on any atom is -0.356 e. The molecule has 0 N–H and O–H groups in total. The molecule has 4 aromatic rings. The molecule has 2 nitrogen and oxygen atoms in total. The molecule has 0 unspecified atom stereocenters. The van der Waals surface area contributed by atoms with Crippen molar-refractivity contribution in [3.63, 3.8) is 0 Å². The Hall–Kier alpha value is -2.09. The fraction of sp³-hybridized carbons (Fsp3) is 0.143. The van der Waals surface area contributed by atoms with Gasteiger partial charge in [-0.15, -0.1) is 17.7 Å². The van der Waals surface area contributed by atoms with Gasteiger partial charge in [-0.1, -0.05) is 50.4 Å². The molecule has 0 amide bonds. The van der Waals surface area contributed by atoms with Gasteiger partial charge in [-0.05, 0) is 50.0 Å². The van der Waals surface area contributed by atoms with E-state index in [1.165, 1.54) is 27.1 Å². The van der Waals surface area contributed by atoms with Crippen molar-refractivity contribution < 1.29 is 20.1 Å². The first-order valence-corrected chi connectivity index (χ1v) is 7.86. The summed E-state index contributed by atoms with van der Waals surface area (Å²) in [6.07, 6.45) is 3.73. The Bertz CT molecular complexity index is 1100. The van der Waals surface area contributed by atoms with Gasteiger partial charge >= 0.3 is 0 Å². The summed E-state index contributed by atoms with van der Waals surface area (Å²) in [5, 5.41) is 5.05. The number of pyridine rings is 2. The van der Waals surface area contributed by atoms with Crippen LogP contribution in [0.2, 0.25) is 0 Å². The molecule has 0 atom stereocenters. The smallest absolute Gasteiger partial charge is 0.0167 e. The van der Waals surface area contributed by atoms with E-state index in [1.807, 2.05) is 18.5 Å². The molecular weight excluding hydrogens is 472 g/mol. The van der Waals surface area contributed by atoms with Crippen LogP contribution in [0.4, 0.5) is 0 Å². The van der Waals surface area contributed by atoms with Gasteiger partial charge in [0.2, 0.25) is 0 Å². The van der Waals surface area contributed by atoms with E-state index < -0.39 is 0 Å². The molecule has 2 aromatic heterocycles.